The summed E-state index contributed by atoms with van der Waals surface area (Å²) in [6, 6.07) is 12.8. The van der Waals surface area contributed by atoms with Crippen LogP contribution in [0.1, 0.15) is 34.1 Å². The summed E-state index contributed by atoms with van der Waals surface area (Å²) in [7, 11) is 0. The first-order chi connectivity index (χ1) is 14.1. The maximum atomic E-state index is 12.6. The van der Waals surface area contributed by atoms with E-state index < -0.39 is 45.8 Å². The summed E-state index contributed by atoms with van der Waals surface area (Å²) in [5.41, 5.74) is -8.68. The fourth-order valence-corrected chi connectivity index (χ4v) is 2.43. The third-order valence-corrected chi connectivity index (χ3v) is 4.10. The molecule has 160 valence electrons. The Labute approximate surface area is 171 Å². The van der Waals surface area contributed by atoms with Crippen molar-refractivity contribution in [3.05, 3.63) is 71.8 Å². The standard InChI is InChI=1S/C18H14O8.C3H8O/c19-13(11-7-3-1-4-8-11)17(25,15(21)22)18(26,16(23)24)14(20)12-9-5-2-6-10-12;1-2-3-4/h1-10,25-26H,(H,21,22)(H,23,24);4H,2-3H2,1H3. The monoisotopic (exact) mass is 418 g/mol. The highest BCUT2D eigenvalue weighted by Gasteiger charge is 2.69. The lowest BCUT2D eigenvalue weighted by Gasteiger charge is -2.34. The Balaban J connectivity index is 0.00000103. The second-order valence-electron chi connectivity index (χ2n) is 6.15. The van der Waals surface area contributed by atoms with Crippen molar-refractivity contribution in [2.24, 2.45) is 0 Å². The molecule has 2 aromatic rings. The number of Topliss-reactive ketones (excluding diaryl/α,β-unsaturated/α-hetero) is 2. The second kappa shape index (κ2) is 10.4. The zero-order valence-corrected chi connectivity index (χ0v) is 16.1. The van der Waals surface area contributed by atoms with E-state index >= 15 is 0 Å². The first-order valence-electron chi connectivity index (χ1n) is 8.81. The molecule has 0 aliphatic heterocycles. The van der Waals surface area contributed by atoms with Gasteiger partial charge in [-0.3, -0.25) is 9.59 Å². The Kier molecular flexibility index (Phi) is 8.54. The quantitative estimate of drug-likeness (QED) is 0.307. The summed E-state index contributed by atoms with van der Waals surface area (Å²) in [6.45, 7) is 2.25. The summed E-state index contributed by atoms with van der Waals surface area (Å²) in [6.07, 6.45) is 0.875. The first-order valence-corrected chi connectivity index (χ1v) is 8.81. The minimum atomic E-state index is -3.95. The van der Waals surface area contributed by atoms with Gasteiger partial charge >= 0.3 is 11.9 Å². The SMILES string of the molecule is CCCO.O=C(O)C(O)(C(=O)c1ccccc1)C(O)(C(=O)O)C(=O)c1ccccc1. The van der Waals surface area contributed by atoms with Crippen LogP contribution in [0.2, 0.25) is 0 Å². The first kappa shape index (κ1) is 24.6. The van der Waals surface area contributed by atoms with Gasteiger partial charge in [0.25, 0.3) is 11.2 Å². The average molecular weight is 418 g/mol. The molecule has 0 aromatic heterocycles. The van der Waals surface area contributed by atoms with Crippen molar-refractivity contribution in [1.29, 1.82) is 0 Å². The molecule has 9 heteroatoms. The molecule has 2 unspecified atom stereocenters. The average Bonchev–Trinajstić information content (AvgIpc) is 2.77. The van der Waals surface area contributed by atoms with Gasteiger partial charge in [-0.1, -0.05) is 67.6 Å². The molecule has 0 fully saturated rings. The fraction of sp³-hybridized carbons (Fsp3) is 0.238. The third kappa shape index (κ3) is 4.60. The topological polar surface area (TPSA) is 169 Å². The van der Waals surface area contributed by atoms with Crippen LogP contribution in [0, 0.1) is 0 Å². The van der Waals surface area contributed by atoms with Crippen LogP contribution in [-0.4, -0.2) is 66.8 Å². The molecule has 0 spiro atoms. The molecule has 0 saturated carbocycles. The van der Waals surface area contributed by atoms with Gasteiger partial charge in [0.2, 0.25) is 11.6 Å². The largest absolute Gasteiger partial charge is 0.479 e. The van der Waals surface area contributed by atoms with Crippen molar-refractivity contribution in [3.8, 4) is 0 Å². The molecule has 0 aliphatic rings. The van der Waals surface area contributed by atoms with Gasteiger partial charge in [0.15, 0.2) is 0 Å². The van der Waals surface area contributed by atoms with Gasteiger partial charge in [0.05, 0.1) is 0 Å². The summed E-state index contributed by atoms with van der Waals surface area (Å²) >= 11 is 0. The number of carboxylic acid groups (broad SMARTS) is 2. The van der Waals surface area contributed by atoms with Gasteiger partial charge in [-0.05, 0) is 6.42 Å². The van der Waals surface area contributed by atoms with Crippen LogP contribution in [0.5, 0.6) is 0 Å². The van der Waals surface area contributed by atoms with E-state index in [1.807, 2.05) is 6.92 Å². The van der Waals surface area contributed by atoms with Crippen molar-refractivity contribution in [1.82, 2.24) is 0 Å². The van der Waals surface area contributed by atoms with Gasteiger partial charge < -0.3 is 25.5 Å². The number of carboxylic acids is 2. The lowest BCUT2D eigenvalue weighted by atomic mass is 9.73. The molecule has 9 nitrogen and oxygen atoms in total. The van der Waals surface area contributed by atoms with Crippen LogP contribution in [-0.2, 0) is 9.59 Å². The highest BCUT2D eigenvalue weighted by atomic mass is 16.5. The van der Waals surface area contributed by atoms with Crippen molar-refractivity contribution in [2.75, 3.05) is 6.61 Å². The molecule has 30 heavy (non-hydrogen) atoms. The molecule has 0 saturated heterocycles. The summed E-state index contributed by atoms with van der Waals surface area (Å²) in [5.74, 6) is -8.03. The number of rotatable bonds is 8. The molecular weight excluding hydrogens is 396 g/mol. The Morgan fingerprint density at radius 1 is 0.700 bits per heavy atom. The third-order valence-electron chi connectivity index (χ3n) is 4.10. The summed E-state index contributed by atoms with van der Waals surface area (Å²) in [4.78, 5) is 48.5. The van der Waals surface area contributed by atoms with E-state index in [0.717, 1.165) is 30.7 Å². The number of carbonyl (C=O) groups is 4. The van der Waals surface area contributed by atoms with E-state index in [0.29, 0.717) is 6.61 Å². The summed E-state index contributed by atoms with van der Waals surface area (Å²) in [5, 5.41) is 47.7. The van der Waals surface area contributed by atoms with Crippen molar-refractivity contribution in [3.63, 3.8) is 0 Å². The van der Waals surface area contributed by atoms with Gasteiger partial charge in [0, 0.05) is 17.7 Å². The van der Waals surface area contributed by atoms with Crippen LogP contribution in [0.4, 0.5) is 0 Å². The second-order valence-corrected chi connectivity index (χ2v) is 6.15. The highest BCUT2D eigenvalue weighted by Crippen LogP contribution is 2.31. The van der Waals surface area contributed by atoms with Crippen LogP contribution < -0.4 is 0 Å². The molecule has 0 amide bonds. The molecule has 2 rings (SSSR count). The Morgan fingerprint density at radius 3 is 1.17 bits per heavy atom. The van der Waals surface area contributed by atoms with E-state index in [2.05, 4.69) is 0 Å². The van der Waals surface area contributed by atoms with Gasteiger partial charge in [-0.15, -0.1) is 0 Å². The maximum Gasteiger partial charge on any atom is 0.348 e. The molecule has 2 atom stereocenters. The van der Waals surface area contributed by atoms with Gasteiger partial charge in [-0.25, -0.2) is 9.59 Å². The van der Waals surface area contributed by atoms with Crippen LogP contribution in [0.15, 0.2) is 60.7 Å². The number of aliphatic carboxylic acids is 2. The zero-order valence-electron chi connectivity index (χ0n) is 16.1. The van der Waals surface area contributed by atoms with Crippen LogP contribution in [0.25, 0.3) is 0 Å². The number of benzene rings is 2. The zero-order chi connectivity index (χ0) is 22.9. The predicted octanol–water partition coefficient (Wildman–Crippen LogP) is 0.772. The van der Waals surface area contributed by atoms with E-state index in [-0.39, 0.29) is 0 Å². The molecule has 0 heterocycles. The number of hydrogen-bond acceptors (Lipinski definition) is 7. The van der Waals surface area contributed by atoms with E-state index in [4.69, 9.17) is 5.11 Å². The fourth-order valence-electron chi connectivity index (χ4n) is 2.43. The number of carbonyl (C=O) groups excluding carboxylic acids is 2. The summed E-state index contributed by atoms with van der Waals surface area (Å²) < 4.78 is 0. The number of aliphatic hydroxyl groups excluding tert-OH is 1. The van der Waals surface area contributed by atoms with Gasteiger partial charge in [0.1, 0.15) is 0 Å². The molecule has 0 bridgehead atoms. The predicted molar refractivity (Wildman–Crippen MR) is 104 cm³/mol. The molecule has 0 radical (unpaired) electrons. The van der Waals surface area contributed by atoms with Crippen LogP contribution >= 0.6 is 0 Å². The Morgan fingerprint density at radius 2 is 0.967 bits per heavy atom. The van der Waals surface area contributed by atoms with E-state index in [1.54, 1.807) is 0 Å². The smallest absolute Gasteiger partial charge is 0.348 e. The van der Waals surface area contributed by atoms with Crippen LogP contribution in [0.3, 0.4) is 0 Å². The molecule has 5 N–H and O–H groups in total. The molecule has 0 aliphatic carbocycles. The highest BCUT2D eigenvalue weighted by molar-refractivity contribution is 6.28. The number of hydrogen-bond donors (Lipinski definition) is 5. The molecule has 2 aromatic carbocycles. The normalized spacial score (nSPS) is 14.3. The lowest BCUT2D eigenvalue weighted by molar-refractivity contribution is -0.187. The Hall–Kier alpha value is -3.40. The lowest BCUT2D eigenvalue weighted by Crippen LogP contribution is -2.71. The maximum absolute atomic E-state index is 12.6. The van der Waals surface area contributed by atoms with Gasteiger partial charge in [-0.2, -0.15) is 0 Å². The van der Waals surface area contributed by atoms with Crippen molar-refractivity contribution >= 4 is 23.5 Å². The number of aliphatic hydroxyl groups is 3. The minimum absolute atomic E-state index is 0.319. The van der Waals surface area contributed by atoms with Crippen molar-refractivity contribution < 1.29 is 44.7 Å². The number of ketones is 2. The van der Waals surface area contributed by atoms with Crippen molar-refractivity contribution in [2.45, 2.75) is 24.5 Å². The Bertz CT molecular complexity index is 820. The van der Waals surface area contributed by atoms with E-state index in [9.17, 15) is 39.6 Å². The minimum Gasteiger partial charge on any atom is -0.479 e. The molecular formula is C21H22O9. The van der Waals surface area contributed by atoms with E-state index in [1.165, 1.54) is 36.4 Å².